The Bertz CT molecular complexity index is 1040. The fourth-order valence-electron chi connectivity index (χ4n) is 3.32. The van der Waals surface area contributed by atoms with Crippen LogP contribution in [-0.4, -0.2) is 48.4 Å². The van der Waals surface area contributed by atoms with Crippen LogP contribution in [0.1, 0.15) is 25.7 Å². The van der Waals surface area contributed by atoms with Crippen LogP contribution in [0.15, 0.2) is 66.7 Å². The number of carbonyl (C=O) groups excluding carboxylic acids is 2. The fraction of sp³-hybridized carbons (Fsp3) is 0.280. The SMILES string of the molecule is COCCN(CC(=O)N(Cc1ccccc1)Cc1ccc(C)s1)C(=O)c1cccc(F)c1. The van der Waals surface area contributed by atoms with Crippen molar-refractivity contribution in [2.24, 2.45) is 0 Å². The van der Waals surface area contributed by atoms with Gasteiger partial charge in [-0.1, -0.05) is 36.4 Å². The Morgan fingerprint density at radius 1 is 0.969 bits per heavy atom. The predicted molar refractivity (Wildman–Crippen MR) is 124 cm³/mol. The Morgan fingerprint density at radius 3 is 2.41 bits per heavy atom. The highest BCUT2D eigenvalue weighted by Gasteiger charge is 2.23. The Labute approximate surface area is 192 Å². The van der Waals surface area contributed by atoms with Gasteiger partial charge in [-0.2, -0.15) is 0 Å². The highest BCUT2D eigenvalue weighted by atomic mass is 32.1. The zero-order valence-electron chi connectivity index (χ0n) is 18.3. The van der Waals surface area contributed by atoms with E-state index in [1.807, 2.05) is 49.4 Å². The van der Waals surface area contributed by atoms with Crippen LogP contribution in [0.4, 0.5) is 4.39 Å². The van der Waals surface area contributed by atoms with Crippen molar-refractivity contribution in [3.8, 4) is 0 Å². The average molecular weight is 455 g/mol. The first kappa shape index (κ1) is 23.6. The summed E-state index contributed by atoms with van der Waals surface area (Å²) in [5.41, 5.74) is 1.21. The zero-order chi connectivity index (χ0) is 22.9. The number of aryl methyl sites for hydroxylation is 1. The number of methoxy groups -OCH3 is 1. The molecule has 0 radical (unpaired) electrons. The highest BCUT2D eigenvalue weighted by Crippen LogP contribution is 2.19. The fourth-order valence-corrected chi connectivity index (χ4v) is 4.22. The first-order chi connectivity index (χ1) is 15.5. The van der Waals surface area contributed by atoms with Gasteiger partial charge in [-0.15, -0.1) is 11.3 Å². The van der Waals surface area contributed by atoms with Crippen molar-refractivity contribution in [1.82, 2.24) is 9.80 Å². The van der Waals surface area contributed by atoms with Gasteiger partial charge in [0, 0.05) is 35.5 Å². The molecule has 0 aliphatic heterocycles. The van der Waals surface area contributed by atoms with Crippen LogP contribution in [0.25, 0.3) is 0 Å². The van der Waals surface area contributed by atoms with E-state index >= 15 is 0 Å². The maximum absolute atomic E-state index is 13.7. The lowest BCUT2D eigenvalue weighted by Gasteiger charge is -2.27. The number of halogens is 1. The zero-order valence-corrected chi connectivity index (χ0v) is 19.1. The van der Waals surface area contributed by atoms with Crippen LogP contribution in [0.3, 0.4) is 0 Å². The van der Waals surface area contributed by atoms with Gasteiger partial charge in [0.1, 0.15) is 12.4 Å². The summed E-state index contributed by atoms with van der Waals surface area (Å²) < 4.78 is 18.8. The van der Waals surface area contributed by atoms with Crippen LogP contribution < -0.4 is 0 Å². The van der Waals surface area contributed by atoms with Gasteiger partial charge in [0.15, 0.2) is 0 Å². The molecular formula is C25H27FN2O3S. The largest absolute Gasteiger partial charge is 0.383 e. The number of ether oxygens (including phenoxy) is 1. The minimum absolute atomic E-state index is 0.115. The van der Waals surface area contributed by atoms with Crippen LogP contribution in [0, 0.1) is 12.7 Å². The maximum Gasteiger partial charge on any atom is 0.254 e. The molecule has 0 atom stereocenters. The highest BCUT2D eigenvalue weighted by molar-refractivity contribution is 7.11. The summed E-state index contributed by atoms with van der Waals surface area (Å²) in [5.74, 6) is -1.07. The second-order valence-electron chi connectivity index (χ2n) is 7.48. The number of rotatable bonds is 10. The van der Waals surface area contributed by atoms with Crippen molar-refractivity contribution in [3.05, 3.63) is 93.4 Å². The molecule has 0 aliphatic rings. The molecule has 168 valence electrons. The molecule has 5 nitrogen and oxygen atoms in total. The number of amides is 2. The first-order valence-electron chi connectivity index (χ1n) is 10.4. The Morgan fingerprint density at radius 2 is 1.75 bits per heavy atom. The molecule has 1 aromatic heterocycles. The molecule has 0 N–H and O–H groups in total. The summed E-state index contributed by atoms with van der Waals surface area (Å²) >= 11 is 1.65. The van der Waals surface area contributed by atoms with Crippen molar-refractivity contribution < 1.29 is 18.7 Å². The third kappa shape index (κ3) is 6.73. The van der Waals surface area contributed by atoms with Crippen LogP contribution in [-0.2, 0) is 22.6 Å². The number of benzene rings is 2. The quantitative estimate of drug-likeness (QED) is 0.453. The molecule has 0 bridgehead atoms. The topological polar surface area (TPSA) is 49.9 Å². The molecule has 0 saturated heterocycles. The molecule has 2 amide bonds. The van der Waals surface area contributed by atoms with Gasteiger partial charge < -0.3 is 14.5 Å². The number of nitrogens with zero attached hydrogens (tertiary/aromatic N) is 2. The normalized spacial score (nSPS) is 10.7. The lowest BCUT2D eigenvalue weighted by atomic mass is 10.2. The van der Waals surface area contributed by atoms with Gasteiger partial charge in [-0.3, -0.25) is 9.59 Å². The minimum Gasteiger partial charge on any atom is -0.383 e. The molecular weight excluding hydrogens is 427 g/mol. The van der Waals surface area contributed by atoms with Crippen LogP contribution >= 0.6 is 11.3 Å². The lowest BCUT2D eigenvalue weighted by molar-refractivity contribution is -0.133. The van der Waals surface area contributed by atoms with E-state index in [1.54, 1.807) is 22.3 Å². The van der Waals surface area contributed by atoms with Crippen LogP contribution in [0.2, 0.25) is 0 Å². The van der Waals surface area contributed by atoms with Gasteiger partial charge in [0.25, 0.3) is 5.91 Å². The molecule has 3 aromatic rings. The van der Waals surface area contributed by atoms with Crippen molar-refractivity contribution in [2.45, 2.75) is 20.0 Å². The van der Waals surface area contributed by atoms with Crippen molar-refractivity contribution in [1.29, 1.82) is 0 Å². The smallest absolute Gasteiger partial charge is 0.254 e. The second kappa shape index (κ2) is 11.5. The van der Waals surface area contributed by atoms with E-state index in [1.165, 1.54) is 35.1 Å². The van der Waals surface area contributed by atoms with E-state index in [0.29, 0.717) is 13.1 Å². The van der Waals surface area contributed by atoms with E-state index < -0.39 is 11.7 Å². The monoisotopic (exact) mass is 454 g/mol. The standard InChI is InChI=1S/C25H27FN2O3S/c1-19-11-12-23(32-19)17-28(16-20-7-4-3-5-8-20)24(29)18-27(13-14-31-2)25(30)21-9-6-10-22(26)15-21/h3-12,15H,13-14,16-18H2,1-2H3. The van der Waals surface area contributed by atoms with E-state index in [9.17, 15) is 14.0 Å². The molecule has 0 saturated carbocycles. The molecule has 2 aromatic carbocycles. The predicted octanol–water partition coefficient (Wildman–Crippen LogP) is 4.51. The van der Waals surface area contributed by atoms with Crippen molar-refractivity contribution in [3.63, 3.8) is 0 Å². The van der Waals surface area contributed by atoms with Gasteiger partial charge in [-0.25, -0.2) is 4.39 Å². The summed E-state index contributed by atoms with van der Waals surface area (Å²) in [4.78, 5) is 31.8. The van der Waals surface area contributed by atoms with Gasteiger partial charge in [0.05, 0.1) is 13.2 Å². The van der Waals surface area contributed by atoms with E-state index in [4.69, 9.17) is 4.74 Å². The summed E-state index contributed by atoms with van der Waals surface area (Å²) in [6, 6.07) is 19.3. The Hall–Kier alpha value is -3.03. The van der Waals surface area contributed by atoms with Crippen molar-refractivity contribution >= 4 is 23.2 Å². The van der Waals surface area contributed by atoms with Crippen LogP contribution in [0.5, 0.6) is 0 Å². The Balaban J connectivity index is 1.80. The second-order valence-corrected chi connectivity index (χ2v) is 8.85. The Kier molecular flexibility index (Phi) is 8.53. The number of carbonyl (C=O) groups is 2. The van der Waals surface area contributed by atoms with E-state index in [2.05, 4.69) is 0 Å². The number of thiophene rings is 1. The van der Waals surface area contributed by atoms with Gasteiger partial charge in [-0.05, 0) is 42.8 Å². The first-order valence-corrected chi connectivity index (χ1v) is 11.2. The third-order valence-corrected chi connectivity index (χ3v) is 5.95. The average Bonchev–Trinajstić information content (AvgIpc) is 3.20. The third-order valence-electron chi connectivity index (χ3n) is 4.96. The number of hydrogen-bond acceptors (Lipinski definition) is 4. The maximum atomic E-state index is 13.7. The number of hydrogen-bond donors (Lipinski definition) is 0. The van der Waals surface area contributed by atoms with E-state index in [-0.39, 0.29) is 31.2 Å². The molecule has 0 aliphatic carbocycles. The van der Waals surface area contributed by atoms with E-state index in [0.717, 1.165) is 10.4 Å². The van der Waals surface area contributed by atoms with Gasteiger partial charge in [0.2, 0.25) is 5.91 Å². The summed E-state index contributed by atoms with van der Waals surface area (Å²) in [6.45, 7) is 3.31. The summed E-state index contributed by atoms with van der Waals surface area (Å²) in [6.07, 6.45) is 0. The summed E-state index contributed by atoms with van der Waals surface area (Å²) in [5, 5.41) is 0. The van der Waals surface area contributed by atoms with Crippen molar-refractivity contribution in [2.75, 3.05) is 26.8 Å². The summed E-state index contributed by atoms with van der Waals surface area (Å²) in [7, 11) is 1.54. The van der Waals surface area contributed by atoms with Gasteiger partial charge >= 0.3 is 0 Å². The molecule has 1 heterocycles. The lowest BCUT2D eigenvalue weighted by Crippen LogP contribution is -2.43. The molecule has 0 unspecified atom stereocenters. The molecule has 32 heavy (non-hydrogen) atoms. The molecule has 0 fully saturated rings. The molecule has 7 heteroatoms. The molecule has 0 spiro atoms. The minimum atomic E-state index is -0.493. The molecule has 3 rings (SSSR count).